The Kier molecular flexibility index (Phi) is 5.77. The Bertz CT molecular complexity index is 355. The molecule has 0 fully saturated rings. The number of nitrogens with zero attached hydrogens (tertiary/aromatic N) is 2. The molecule has 0 atom stereocenters. The van der Waals surface area contributed by atoms with Gasteiger partial charge in [0.2, 0.25) is 11.9 Å². The summed E-state index contributed by atoms with van der Waals surface area (Å²) in [6.45, 7) is 3.49. The van der Waals surface area contributed by atoms with E-state index in [1.165, 1.54) is 0 Å². The first-order valence-corrected chi connectivity index (χ1v) is 5.77. The van der Waals surface area contributed by atoms with Gasteiger partial charge in [0.25, 0.3) is 0 Å². The monoisotopic (exact) mass is 237 g/mol. The Morgan fingerprint density at radius 2 is 2.18 bits per heavy atom. The number of aromatic nitrogens is 2. The van der Waals surface area contributed by atoms with E-state index in [4.69, 9.17) is 0 Å². The lowest BCUT2D eigenvalue weighted by Gasteiger charge is -2.07. The quantitative estimate of drug-likeness (QED) is 0.655. The van der Waals surface area contributed by atoms with Gasteiger partial charge in [-0.05, 0) is 12.5 Å². The molecule has 1 aromatic heterocycles. The van der Waals surface area contributed by atoms with Gasteiger partial charge < -0.3 is 16.0 Å². The number of carbonyl (C=O) groups is 1. The minimum atomic E-state index is 0.0101. The summed E-state index contributed by atoms with van der Waals surface area (Å²) < 4.78 is 0. The van der Waals surface area contributed by atoms with Crippen molar-refractivity contribution in [1.82, 2.24) is 15.3 Å². The highest BCUT2D eigenvalue weighted by Crippen LogP contribution is 2.05. The maximum atomic E-state index is 11.0. The topological polar surface area (TPSA) is 78.9 Å². The maximum absolute atomic E-state index is 11.0. The Labute approximate surface area is 101 Å². The normalized spacial score (nSPS) is 9.76. The fourth-order valence-corrected chi connectivity index (χ4v) is 1.21. The van der Waals surface area contributed by atoms with Crippen molar-refractivity contribution in [3.8, 4) is 0 Å². The van der Waals surface area contributed by atoms with Crippen molar-refractivity contribution >= 4 is 17.7 Å². The van der Waals surface area contributed by atoms with Gasteiger partial charge >= 0.3 is 0 Å². The predicted molar refractivity (Wildman–Crippen MR) is 68.0 cm³/mol. The lowest BCUT2D eigenvalue weighted by Crippen LogP contribution is -2.21. The van der Waals surface area contributed by atoms with Gasteiger partial charge in [-0.3, -0.25) is 4.79 Å². The van der Waals surface area contributed by atoms with Crippen LogP contribution in [0.15, 0.2) is 12.3 Å². The second kappa shape index (κ2) is 7.43. The first-order valence-electron chi connectivity index (χ1n) is 5.77. The van der Waals surface area contributed by atoms with Gasteiger partial charge in [-0.1, -0.05) is 6.92 Å². The lowest BCUT2D eigenvalue weighted by molar-refractivity contribution is -0.120. The van der Waals surface area contributed by atoms with Crippen molar-refractivity contribution in [2.45, 2.75) is 19.8 Å². The van der Waals surface area contributed by atoms with Crippen LogP contribution in [0, 0.1) is 0 Å². The number of hydrogen-bond donors (Lipinski definition) is 3. The van der Waals surface area contributed by atoms with E-state index in [0.29, 0.717) is 18.9 Å². The molecule has 1 aromatic rings. The molecule has 3 N–H and O–H groups in total. The summed E-state index contributed by atoms with van der Waals surface area (Å²) in [5.74, 6) is 1.34. The second-order valence-corrected chi connectivity index (χ2v) is 3.54. The fraction of sp³-hybridized carbons (Fsp3) is 0.545. The Hall–Kier alpha value is -1.85. The van der Waals surface area contributed by atoms with Gasteiger partial charge in [-0.2, -0.15) is 4.98 Å². The van der Waals surface area contributed by atoms with Crippen molar-refractivity contribution < 1.29 is 4.79 Å². The summed E-state index contributed by atoms with van der Waals surface area (Å²) in [6.07, 6.45) is 3.14. The molecule has 0 spiro atoms. The van der Waals surface area contributed by atoms with Crippen LogP contribution in [-0.4, -0.2) is 36.0 Å². The molecule has 0 aliphatic rings. The first-order chi connectivity index (χ1) is 8.26. The molecule has 0 radical (unpaired) electrons. The van der Waals surface area contributed by atoms with Crippen molar-refractivity contribution in [3.63, 3.8) is 0 Å². The highest BCUT2D eigenvalue weighted by molar-refractivity contribution is 5.76. The molecular formula is C11H19N5O. The van der Waals surface area contributed by atoms with Crippen LogP contribution in [0.2, 0.25) is 0 Å². The standard InChI is InChI=1S/C11H19N5O/c1-3-6-14-11-15-7-4-9(16-11)13-8-5-10(17)12-2/h4,7H,3,5-6,8H2,1-2H3,(H,12,17)(H2,13,14,15,16). The molecule has 0 saturated carbocycles. The van der Waals surface area contributed by atoms with Crippen LogP contribution in [-0.2, 0) is 4.79 Å². The van der Waals surface area contributed by atoms with Crippen molar-refractivity contribution in [2.24, 2.45) is 0 Å². The molecule has 6 heteroatoms. The van der Waals surface area contributed by atoms with E-state index in [1.807, 2.05) is 0 Å². The van der Waals surface area contributed by atoms with E-state index >= 15 is 0 Å². The summed E-state index contributed by atoms with van der Waals surface area (Å²) in [4.78, 5) is 19.4. The van der Waals surface area contributed by atoms with Gasteiger partial charge in [0.15, 0.2) is 0 Å². The molecule has 6 nitrogen and oxygen atoms in total. The van der Waals surface area contributed by atoms with E-state index in [1.54, 1.807) is 19.3 Å². The van der Waals surface area contributed by atoms with E-state index in [9.17, 15) is 4.79 Å². The van der Waals surface area contributed by atoms with Crippen LogP contribution >= 0.6 is 0 Å². The van der Waals surface area contributed by atoms with Crippen LogP contribution in [0.1, 0.15) is 19.8 Å². The number of rotatable bonds is 7. The minimum Gasteiger partial charge on any atom is -0.369 e. The third kappa shape index (κ3) is 5.14. The molecule has 1 rings (SSSR count). The van der Waals surface area contributed by atoms with Crippen LogP contribution in [0.3, 0.4) is 0 Å². The van der Waals surface area contributed by atoms with E-state index < -0.39 is 0 Å². The summed E-state index contributed by atoms with van der Waals surface area (Å²) >= 11 is 0. The number of anilines is 2. The highest BCUT2D eigenvalue weighted by atomic mass is 16.1. The average molecular weight is 237 g/mol. The van der Waals surface area contributed by atoms with Crippen LogP contribution in [0.25, 0.3) is 0 Å². The molecule has 0 aliphatic carbocycles. The third-order valence-corrected chi connectivity index (χ3v) is 2.13. The Balaban J connectivity index is 2.40. The molecule has 1 heterocycles. The molecule has 1 amide bonds. The van der Waals surface area contributed by atoms with Crippen molar-refractivity contribution in [2.75, 3.05) is 30.8 Å². The van der Waals surface area contributed by atoms with Crippen LogP contribution < -0.4 is 16.0 Å². The van der Waals surface area contributed by atoms with Crippen molar-refractivity contribution in [1.29, 1.82) is 0 Å². The molecule has 94 valence electrons. The van der Waals surface area contributed by atoms with E-state index in [0.717, 1.165) is 18.8 Å². The van der Waals surface area contributed by atoms with Gasteiger partial charge in [0.05, 0.1) is 0 Å². The zero-order valence-corrected chi connectivity index (χ0v) is 10.3. The summed E-state index contributed by atoms with van der Waals surface area (Å²) in [5, 5.41) is 8.74. The fourth-order valence-electron chi connectivity index (χ4n) is 1.21. The molecular weight excluding hydrogens is 218 g/mol. The Morgan fingerprint density at radius 3 is 2.88 bits per heavy atom. The highest BCUT2D eigenvalue weighted by Gasteiger charge is 2.00. The van der Waals surface area contributed by atoms with Gasteiger partial charge in [0.1, 0.15) is 5.82 Å². The summed E-state index contributed by atoms with van der Waals surface area (Å²) in [7, 11) is 1.62. The first kappa shape index (κ1) is 13.2. The molecule has 0 saturated heterocycles. The number of hydrogen-bond acceptors (Lipinski definition) is 5. The number of nitrogens with one attached hydrogen (secondary N) is 3. The molecule has 0 bridgehead atoms. The summed E-state index contributed by atoms with van der Waals surface area (Å²) in [6, 6.07) is 1.78. The molecule has 0 unspecified atom stereocenters. The largest absolute Gasteiger partial charge is 0.369 e. The predicted octanol–water partition coefficient (Wildman–Crippen LogP) is 0.846. The van der Waals surface area contributed by atoms with Crippen LogP contribution in [0.4, 0.5) is 11.8 Å². The smallest absolute Gasteiger partial charge is 0.224 e. The Morgan fingerprint density at radius 1 is 1.35 bits per heavy atom. The van der Waals surface area contributed by atoms with Crippen LogP contribution in [0.5, 0.6) is 0 Å². The van der Waals surface area contributed by atoms with Gasteiger partial charge in [-0.25, -0.2) is 4.98 Å². The average Bonchev–Trinajstić information content (AvgIpc) is 2.36. The minimum absolute atomic E-state index is 0.0101. The number of carbonyl (C=O) groups excluding carboxylic acids is 1. The van der Waals surface area contributed by atoms with Crippen molar-refractivity contribution in [3.05, 3.63) is 12.3 Å². The maximum Gasteiger partial charge on any atom is 0.224 e. The van der Waals surface area contributed by atoms with Gasteiger partial charge in [-0.15, -0.1) is 0 Å². The summed E-state index contributed by atoms with van der Waals surface area (Å²) in [5.41, 5.74) is 0. The second-order valence-electron chi connectivity index (χ2n) is 3.54. The third-order valence-electron chi connectivity index (χ3n) is 2.13. The SMILES string of the molecule is CCCNc1nccc(NCCC(=O)NC)n1. The zero-order valence-electron chi connectivity index (χ0n) is 10.3. The molecule has 17 heavy (non-hydrogen) atoms. The van der Waals surface area contributed by atoms with E-state index in [2.05, 4.69) is 32.8 Å². The molecule has 0 aliphatic heterocycles. The number of amides is 1. The van der Waals surface area contributed by atoms with Gasteiger partial charge in [0, 0.05) is 32.8 Å². The zero-order chi connectivity index (χ0) is 12.5. The lowest BCUT2D eigenvalue weighted by atomic mass is 10.4. The van der Waals surface area contributed by atoms with E-state index in [-0.39, 0.29) is 5.91 Å². The molecule has 0 aromatic carbocycles.